The molecule has 0 bridgehead atoms. The van der Waals surface area contributed by atoms with Gasteiger partial charge in [0, 0.05) is 6.20 Å². The minimum atomic E-state index is -0.558. The number of hydrogen-bond acceptors (Lipinski definition) is 7. The van der Waals surface area contributed by atoms with Gasteiger partial charge in [-0.3, -0.25) is 0 Å². The van der Waals surface area contributed by atoms with Crippen molar-refractivity contribution >= 4 is 5.95 Å². The molecule has 7 heteroatoms. The fraction of sp³-hybridized carbons (Fsp3) is 0.429. The third kappa shape index (κ3) is 2.29. The smallest absolute Gasteiger partial charge is 0.223 e. The van der Waals surface area contributed by atoms with Crippen LogP contribution in [-0.4, -0.2) is 52.6 Å². The number of fused-ring (bicyclic) bond motifs is 1. The normalized spacial score (nSPS) is 31.3. The molecule has 2 aliphatic heterocycles. The average Bonchev–Trinajstić information content (AvgIpc) is 3.21. The predicted molar refractivity (Wildman–Crippen MR) is 72.6 cm³/mol. The molecule has 4 heterocycles. The first-order chi connectivity index (χ1) is 10.3. The van der Waals surface area contributed by atoms with Crippen LogP contribution in [-0.2, 0) is 9.47 Å². The van der Waals surface area contributed by atoms with Gasteiger partial charge in [0.2, 0.25) is 5.95 Å². The summed E-state index contributed by atoms with van der Waals surface area (Å²) in [5, 5.41) is 12.9. The van der Waals surface area contributed by atoms with Crippen molar-refractivity contribution in [2.45, 2.75) is 24.4 Å². The molecule has 4 atom stereocenters. The Balaban J connectivity index is 1.52. The Labute approximate surface area is 120 Å². The second-order valence-corrected chi connectivity index (χ2v) is 5.16. The van der Waals surface area contributed by atoms with Gasteiger partial charge < -0.3 is 24.3 Å². The SMILES string of the molecule is O[C@@H]1CO[C@H]2[C@@H]1OC[C@@H]2Nc1nccc(-c2ccco2)n1. The highest BCUT2D eigenvalue weighted by atomic mass is 16.6. The summed E-state index contributed by atoms with van der Waals surface area (Å²) < 4.78 is 16.5. The van der Waals surface area contributed by atoms with Crippen LogP contribution in [0, 0.1) is 0 Å². The van der Waals surface area contributed by atoms with Crippen LogP contribution in [0.5, 0.6) is 0 Å². The zero-order chi connectivity index (χ0) is 14.2. The van der Waals surface area contributed by atoms with Gasteiger partial charge in [-0.2, -0.15) is 0 Å². The monoisotopic (exact) mass is 289 g/mol. The number of aromatic nitrogens is 2. The maximum atomic E-state index is 9.73. The maximum Gasteiger partial charge on any atom is 0.223 e. The highest BCUT2D eigenvalue weighted by Crippen LogP contribution is 2.28. The van der Waals surface area contributed by atoms with Gasteiger partial charge >= 0.3 is 0 Å². The van der Waals surface area contributed by atoms with E-state index in [4.69, 9.17) is 13.9 Å². The summed E-state index contributed by atoms with van der Waals surface area (Å²) in [7, 11) is 0. The molecule has 0 radical (unpaired) electrons. The summed E-state index contributed by atoms with van der Waals surface area (Å²) >= 11 is 0. The number of nitrogens with one attached hydrogen (secondary N) is 1. The van der Waals surface area contributed by atoms with E-state index in [1.54, 1.807) is 18.5 Å². The van der Waals surface area contributed by atoms with Crippen molar-refractivity contribution in [1.29, 1.82) is 0 Å². The van der Waals surface area contributed by atoms with E-state index in [-0.39, 0.29) is 18.2 Å². The van der Waals surface area contributed by atoms with Gasteiger partial charge in [0.05, 0.1) is 25.5 Å². The zero-order valence-electron chi connectivity index (χ0n) is 11.2. The first-order valence-corrected chi connectivity index (χ1v) is 6.86. The van der Waals surface area contributed by atoms with Crippen molar-refractivity contribution in [3.05, 3.63) is 30.7 Å². The predicted octanol–water partition coefficient (Wildman–Crippen LogP) is 0.676. The molecular formula is C14H15N3O4. The summed E-state index contributed by atoms with van der Waals surface area (Å²) in [4.78, 5) is 8.63. The van der Waals surface area contributed by atoms with E-state index >= 15 is 0 Å². The van der Waals surface area contributed by atoms with Crippen LogP contribution >= 0.6 is 0 Å². The second-order valence-electron chi connectivity index (χ2n) is 5.16. The Bertz CT molecular complexity index is 618. The minimum absolute atomic E-state index is 0.0704. The van der Waals surface area contributed by atoms with Crippen molar-refractivity contribution in [3.63, 3.8) is 0 Å². The third-order valence-corrected chi connectivity index (χ3v) is 3.77. The van der Waals surface area contributed by atoms with Gasteiger partial charge in [0.25, 0.3) is 0 Å². The number of ether oxygens (including phenoxy) is 2. The number of aliphatic hydroxyl groups is 1. The molecule has 4 rings (SSSR count). The van der Waals surface area contributed by atoms with E-state index in [9.17, 15) is 5.11 Å². The molecule has 2 aliphatic rings. The first-order valence-electron chi connectivity index (χ1n) is 6.86. The van der Waals surface area contributed by atoms with Crippen molar-refractivity contribution in [2.75, 3.05) is 18.5 Å². The number of anilines is 1. The standard InChI is InChI=1S/C14H15N3O4/c18-10-7-21-12-9(6-20-13(10)12)17-14-15-4-3-8(16-14)11-2-1-5-19-11/h1-5,9-10,12-13,18H,6-7H2,(H,15,16,17)/t9-,10+,12+,13+/m0/s1. The van der Waals surface area contributed by atoms with Gasteiger partial charge in [-0.05, 0) is 18.2 Å². The Morgan fingerprint density at radius 1 is 1.19 bits per heavy atom. The third-order valence-electron chi connectivity index (χ3n) is 3.77. The Morgan fingerprint density at radius 3 is 2.95 bits per heavy atom. The van der Waals surface area contributed by atoms with E-state index in [1.807, 2.05) is 12.1 Å². The molecule has 0 unspecified atom stereocenters. The summed E-state index contributed by atoms with van der Waals surface area (Å²) in [6, 6.07) is 5.37. The van der Waals surface area contributed by atoms with Gasteiger partial charge in [-0.1, -0.05) is 0 Å². The Morgan fingerprint density at radius 2 is 2.10 bits per heavy atom. The fourth-order valence-corrected chi connectivity index (χ4v) is 2.76. The molecule has 2 N–H and O–H groups in total. The summed E-state index contributed by atoms with van der Waals surface area (Å²) in [6.45, 7) is 0.765. The molecule has 2 aromatic heterocycles. The Hall–Kier alpha value is -1.96. The molecule has 0 aliphatic carbocycles. The van der Waals surface area contributed by atoms with E-state index in [2.05, 4.69) is 15.3 Å². The van der Waals surface area contributed by atoms with Crippen LogP contribution < -0.4 is 5.32 Å². The van der Waals surface area contributed by atoms with Crippen LogP contribution in [0.2, 0.25) is 0 Å². The summed E-state index contributed by atoms with van der Waals surface area (Å²) in [5.74, 6) is 1.18. The van der Waals surface area contributed by atoms with Crippen LogP contribution in [0.25, 0.3) is 11.5 Å². The Kier molecular flexibility index (Phi) is 3.10. The molecule has 2 fully saturated rings. The molecule has 7 nitrogen and oxygen atoms in total. The van der Waals surface area contributed by atoms with Crippen LogP contribution in [0.4, 0.5) is 5.95 Å². The molecule has 0 spiro atoms. The highest BCUT2D eigenvalue weighted by Gasteiger charge is 2.47. The number of hydrogen-bond donors (Lipinski definition) is 2. The minimum Gasteiger partial charge on any atom is -0.463 e. The quantitative estimate of drug-likeness (QED) is 0.858. The molecule has 0 amide bonds. The molecular weight excluding hydrogens is 274 g/mol. The van der Waals surface area contributed by atoms with E-state index in [1.165, 1.54) is 0 Å². The van der Waals surface area contributed by atoms with Crippen LogP contribution in [0.15, 0.2) is 35.1 Å². The van der Waals surface area contributed by atoms with Crippen molar-refractivity contribution in [1.82, 2.24) is 9.97 Å². The summed E-state index contributed by atoms with van der Waals surface area (Å²) in [5.41, 5.74) is 0.709. The number of aliphatic hydroxyl groups excluding tert-OH is 1. The lowest BCUT2D eigenvalue weighted by atomic mass is 10.1. The van der Waals surface area contributed by atoms with Crippen molar-refractivity contribution in [3.8, 4) is 11.5 Å². The van der Waals surface area contributed by atoms with Crippen LogP contribution in [0.3, 0.4) is 0 Å². The van der Waals surface area contributed by atoms with Gasteiger partial charge in [0.1, 0.15) is 24.0 Å². The largest absolute Gasteiger partial charge is 0.463 e. The molecule has 21 heavy (non-hydrogen) atoms. The highest BCUT2D eigenvalue weighted by molar-refractivity contribution is 5.53. The molecule has 110 valence electrons. The maximum absolute atomic E-state index is 9.73. The lowest BCUT2D eigenvalue weighted by molar-refractivity contribution is 0.0184. The number of rotatable bonds is 3. The van der Waals surface area contributed by atoms with Crippen molar-refractivity contribution in [2.24, 2.45) is 0 Å². The lowest BCUT2D eigenvalue weighted by Crippen LogP contribution is -2.36. The van der Waals surface area contributed by atoms with Gasteiger partial charge in [0.15, 0.2) is 5.76 Å². The van der Waals surface area contributed by atoms with E-state index in [0.29, 0.717) is 30.6 Å². The molecule has 0 aromatic carbocycles. The number of nitrogens with zero attached hydrogens (tertiary/aromatic N) is 2. The first kappa shape index (κ1) is 12.8. The van der Waals surface area contributed by atoms with E-state index < -0.39 is 6.10 Å². The average molecular weight is 289 g/mol. The second kappa shape index (κ2) is 5.10. The van der Waals surface area contributed by atoms with Gasteiger partial charge in [-0.25, -0.2) is 9.97 Å². The topological polar surface area (TPSA) is 89.6 Å². The summed E-state index contributed by atoms with van der Waals surface area (Å²) in [6.07, 6.45) is 2.28. The van der Waals surface area contributed by atoms with Crippen LogP contribution in [0.1, 0.15) is 0 Å². The molecule has 0 saturated carbocycles. The fourth-order valence-electron chi connectivity index (χ4n) is 2.76. The van der Waals surface area contributed by atoms with Crippen molar-refractivity contribution < 1.29 is 19.0 Å². The van der Waals surface area contributed by atoms with Gasteiger partial charge in [-0.15, -0.1) is 0 Å². The lowest BCUT2D eigenvalue weighted by Gasteiger charge is -2.17. The zero-order valence-corrected chi connectivity index (χ0v) is 11.2. The number of furan rings is 1. The molecule has 2 saturated heterocycles. The molecule has 2 aromatic rings. The van der Waals surface area contributed by atoms with E-state index in [0.717, 1.165) is 0 Å².